The molecule has 2 aromatic rings. The van der Waals surface area contributed by atoms with Gasteiger partial charge in [0.15, 0.2) is 18.1 Å². The molecule has 13 heteroatoms. The summed E-state index contributed by atoms with van der Waals surface area (Å²) in [5.41, 5.74) is 0.570. The molecule has 0 aliphatic carbocycles. The SMILES string of the molecule is COS(=O)(=O)c1ccc(C)cc1.O=C(OCC(F)F)c1nc(Br)ccc1OCC(F)F. The summed E-state index contributed by atoms with van der Waals surface area (Å²) in [5.74, 6) is -1.44. The van der Waals surface area contributed by atoms with E-state index in [0.717, 1.165) is 12.7 Å². The van der Waals surface area contributed by atoms with Crippen LogP contribution in [0.5, 0.6) is 5.75 Å². The molecule has 0 aliphatic rings. The Morgan fingerprint density at radius 2 is 1.61 bits per heavy atom. The van der Waals surface area contributed by atoms with Crippen LogP contribution in [0.25, 0.3) is 0 Å². The number of carbonyl (C=O) groups is 1. The molecule has 0 bridgehead atoms. The number of aryl methyl sites for hydroxylation is 1. The average Bonchev–Trinajstić information content (AvgIpc) is 2.71. The largest absolute Gasteiger partial charge is 0.485 e. The van der Waals surface area contributed by atoms with Gasteiger partial charge in [0.1, 0.15) is 11.2 Å². The minimum absolute atomic E-state index is 0.190. The summed E-state index contributed by atoms with van der Waals surface area (Å²) in [4.78, 5) is 15.3. The number of benzene rings is 1. The molecule has 0 saturated carbocycles. The van der Waals surface area contributed by atoms with Gasteiger partial charge in [-0.15, -0.1) is 0 Å². The monoisotopic (exact) mass is 531 g/mol. The summed E-state index contributed by atoms with van der Waals surface area (Å²) in [6, 6.07) is 9.06. The lowest BCUT2D eigenvalue weighted by atomic mass is 10.2. The molecule has 0 N–H and O–H groups in total. The zero-order chi connectivity index (χ0) is 23.6. The van der Waals surface area contributed by atoms with Crippen molar-refractivity contribution >= 4 is 32.0 Å². The van der Waals surface area contributed by atoms with Crippen LogP contribution in [0.1, 0.15) is 16.1 Å². The number of ether oxygens (including phenoxy) is 2. The van der Waals surface area contributed by atoms with Crippen molar-refractivity contribution in [3.63, 3.8) is 0 Å². The maximum atomic E-state index is 12.0. The summed E-state index contributed by atoms with van der Waals surface area (Å²) in [7, 11) is -2.37. The van der Waals surface area contributed by atoms with Gasteiger partial charge in [-0.1, -0.05) is 17.7 Å². The second-order valence-electron chi connectivity index (χ2n) is 5.61. The lowest BCUT2D eigenvalue weighted by molar-refractivity contribution is 0.0147. The van der Waals surface area contributed by atoms with Crippen LogP contribution >= 0.6 is 15.9 Å². The lowest BCUT2D eigenvalue weighted by Crippen LogP contribution is -2.16. The van der Waals surface area contributed by atoms with Crippen molar-refractivity contribution in [1.29, 1.82) is 0 Å². The Morgan fingerprint density at radius 1 is 1.03 bits per heavy atom. The highest BCUT2D eigenvalue weighted by molar-refractivity contribution is 9.10. The molecular formula is C18H18BrF4NO6S. The average molecular weight is 532 g/mol. The molecule has 1 aromatic heterocycles. The van der Waals surface area contributed by atoms with Gasteiger partial charge in [0.05, 0.1) is 12.0 Å². The van der Waals surface area contributed by atoms with Crippen LogP contribution in [-0.2, 0) is 19.0 Å². The lowest BCUT2D eigenvalue weighted by Gasteiger charge is -2.10. The third-order valence-electron chi connectivity index (χ3n) is 3.25. The predicted molar refractivity (Wildman–Crippen MR) is 105 cm³/mol. The maximum absolute atomic E-state index is 12.0. The maximum Gasteiger partial charge on any atom is 0.361 e. The number of esters is 1. The number of alkyl halides is 4. The van der Waals surface area contributed by atoms with Crippen molar-refractivity contribution in [2.75, 3.05) is 20.3 Å². The highest BCUT2D eigenvalue weighted by atomic mass is 79.9. The third-order valence-corrected chi connectivity index (χ3v) is 4.98. The summed E-state index contributed by atoms with van der Waals surface area (Å²) < 4.78 is 83.5. The molecule has 2 rings (SSSR count). The van der Waals surface area contributed by atoms with Gasteiger partial charge in [0.2, 0.25) is 0 Å². The fourth-order valence-corrected chi connectivity index (χ4v) is 2.82. The van der Waals surface area contributed by atoms with E-state index in [1.807, 2.05) is 6.92 Å². The normalized spacial score (nSPS) is 11.1. The van der Waals surface area contributed by atoms with Gasteiger partial charge in [0, 0.05) is 0 Å². The number of pyridine rings is 1. The van der Waals surface area contributed by atoms with Crippen molar-refractivity contribution in [2.24, 2.45) is 0 Å². The van der Waals surface area contributed by atoms with E-state index in [4.69, 9.17) is 0 Å². The Labute approximate surface area is 184 Å². The smallest absolute Gasteiger partial charge is 0.361 e. The first-order valence-electron chi connectivity index (χ1n) is 8.36. The van der Waals surface area contributed by atoms with Gasteiger partial charge >= 0.3 is 5.97 Å². The summed E-state index contributed by atoms with van der Waals surface area (Å²) in [6.07, 6.45) is -5.57. The Balaban J connectivity index is 0.000000343. The van der Waals surface area contributed by atoms with Gasteiger partial charge in [-0.05, 0) is 47.1 Å². The zero-order valence-corrected chi connectivity index (χ0v) is 18.6. The van der Waals surface area contributed by atoms with Gasteiger partial charge in [-0.25, -0.2) is 27.3 Å². The summed E-state index contributed by atoms with van der Waals surface area (Å²) in [6.45, 7) is -0.164. The molecular weight excluding hydrogens is 514 g/mol. The van der Waals surface area contributed by atoms with Crippen molar-refractivity contribution < 1.29 is 44.4 Å². The molecule has 172 valence electrons. The number of nitrogens with zero attached hydrogens (tertiary/aromatic N) is 1. The van der Waals surface area contributed by atoms with Crippen LogP contribution in [-0.4, -0.2) is 52.5 Å². The summed E-state index contributed by atoms with van der Waals surface area (Å²) >= 11 is 2.95. The number of halogens is 5. The standard InChI is InChI=1S/C10H8BrF4NO3.C8H10O3S/c11-6-2-1-5(18-3-7(12)13)9(16-6)10(17)19-4-8(14)15;1-7-3-5-8(6-4-7)12(9,10)11-2/h1-2,7-8H,3-4H2;3-6H,1-2H3. The Hall–Kier alpha value is -2.25. The van der Waals surface area contributed by atoms with Crippen LogP contribution in [0.3, 0.4) is 0 Å². The van der Waals surface area contributed by atoms with Crippen LogP contribution in [0, 0.1) is 6.92 Å². The topological polar surface area (TPSA) is 91.8 Å². The van der Waals surface area contributed by atoms with Crippen LogP contribution < -0.4 is 4.74 Å². The number of carbonyl (C=O) groups excluding carboxylic acids is 1. The van der Waals surface area contributed by atoms with E-state index < -0.39 is 47.8 Å². The molecule has 0 saturated heterocycles. The van der Waals surface area contributed by atoms with Crippen LogP contribution in [0.15, 0.2) is 45.9 Å². The van der Waals surface area contributed by atoms with E-state index in [9.17, 15) is 30.8 Å². The second-order valence-corrected chi connectivity index (χ2v) is 8.13. The molecule has 0 spiro atoms. The van der Waals surface area contributed by atoms with Crippen LogP contribution in [0.2, 0.25) is 0 Å². The van der Waals surface area contributed by atoms with E-state index in [2.05, 4.69) is 34.6 Å². The molecule has 0 fully saturated rings. The first-order chi connectivity index (χ1) is 14.5. The molecule has 7 nitrogen and oxygen atoms in total. The predicted octanol–water partition coefficient (Wildman–Crippen LogP) is 4.24. The van der Waals surface area contributed by atoms with Gasteiger partial charge in [-0.3, -0.25) is 4.18 Å². The van der Waals surface area contributed by atoms with E-state index >= 15 is 0 Å². The highest BCUT2D eigenvalue weighted by Gasteiger charge is 2.19. The molecule has 1 heterocycles. The fraction of sp³-hybridized carbons (Fsp3) is 0.333. The van der Waals surface area contributed by atoms with Crippen molar-refractivity contribution in [1.82, 2.24) is 4.98 Å². The molecule has 0 amide bonds. The zero-order valence-electron chi connectivity index (χ0n) is 16.2. The van der Waals surface area contributed by atoms with Crippen molar-refractivity contribution in [2.45, 2.75) is 24.7 Å². The molecule has 0 unspecified atom stereocenters. The second kappa shape index (κ2) is 12.6. The minimum atomic E-state index is -3.51. The highest BCUT2D eigenvalue weighted by Crippen LogP contribution is 2.21. The van der Waals surface area contributed by atoms with Crippen molar-refractivity contribution in [3.05, 3.63) is 52.3 Å². The Kier molecular flexibility index (Phi) is 10.9. The first-order valence-corrected chi connectivity index (χ1v) is 10.6. The first kappa shape index (κ1) is 26.8. The third kappa shape index (κ3) is 9.61. The minimum Gasteiger partial charge on any atom is -0.485 e. The van der Waals surface area contributed by atoms with Gasteiger partial charge in [0.25, 0.3) is 23.0 Å². The number of hydrogen-bond donors (Lipinski definition) is 0. The van der Waals surface area contributed by atoms with E-state index in [0.29, 0.717) is 0 Å². The van der Waals surface area contributed by atoms with E-state index in [1.54, 1.807) is 12.1 Å². The Bertz CT molecular complexity index is 958. The molecule has 0 aliphatic heterocycles. The number of aromatic nitrogens is 1. The van der Waals surface area contributed by atoms with Crippen molar-refractivity contribution in [3.8, 4) is 5.75 Å². The molecule has 1 aromatic carbocycles. The number of hydrogen-bond acceptors (Lipinski definition) is 7. The fourth-order valence-electron chi connectivity index (χ4n) is 1.85. The van der Waals surface area contributed by atoms with E-state index in [1.165, 1.54) is 24.3 Å². The van der Waals surface area contributed by atoms with E-state index in [-0.39, 0.29) is 15.2 Å². The summed E-state index contributed by atoms with van der Waals surface area (Å²) in [5, 5.41) is 0. The van der Waals surface area contributed by atoms with Gasteiger partial charge in [-0.2, -0.15) is 8.42 Å². The Morgan fingerprint density at radius 3 is 2.13 bits per heavy atom. The molecule has 31 heavy (non-hydrogen) atoms. The molecule has 0 radical (unpaired) electrons. The number of rotatable bonds is 8. The molecule has 0 atom stereocenters. The van der Waals surface area contributed by atoms with Crippen LogP contribution in [0.4, 0.5) is 17.6 Å². The quantitative estimate of drug-likeness (QED) is 0.217. The van der Waals surface area contributed by atoms with Gasteiger partial charge < -0.3 is 9.47 Å².